The van der Waals surface area contributed by atoms with Gasteiger partial charge in [0, 0.05) is 36.6 Å². The highest BCUT2D eigenvalue weighted by Gasteiger charge is 2.25. The average molecular weight is 410 g/mol. The molecule has 1 heterocycles. The summed E-state index contributed by atoms with van der Waals surface area (Å²) in [7, 11) is 0. The first-order valence-corrected chi connectivity index (χ1v) is 11.6. The highest BCUT2D eigenvalue weighted by Crippen LogP contribution is 2.28. The monoisotopic (exact) mass is 409 g/mol. The summed E-state index contributed by atoms with van der Waals surface area (Å²) >= 11 is 1.84. The summed E-state index contributed by atoms with van der Waals surface area (Å²) in [4.78, 5) is 2.10. The van der Waals surface area contributed by atoms with Crippen LogP contribution in [-0.4, -0.2) is 43.1 Å². The molecule has 6 heteroatoms. The van der Waals surface area contributed by atoms with Crippen LogP contribution in [0.2, 0.25) is 0 Å². The van der Waals surface area contributed by atoms with Crippen LogP contribution in [0.1, 0.15) is 53.4 Å². The van der Waals surface area contributed by atoms with Gasteiger partial charge in [0.2, 0.25) is 0 Å². The zero-order valence-corrected chi connectivity index (χ0v) is 18.5. The Kier molecular flexibility index (Phi) is 7.89. The van der Waals surface area contributed by atoms with Gasteiger partial charge in [0.15, 0.2) is 0 Å². The van der Waals surface area contributed by atoms with Crippen LogP contribution in [-0.2, 0) is 4.74 Å². The van der Waals surface area contributed by atoms with E-state index in [9.17, 15) is 4.39 Å². The van der Waals surface area contributed by atoms with Gasteiger partial charge in [-0.25, -0.2) is 4.39 Å². The highest BCUT2D eigenvalue weighted by atomic mass is 32.2. The first-order valence-electron chi connectivity index (χ1n) is 10.8. The molecule has 2 aliphatic rings. The third-order valence-electron chi connectivity index (χ3n) is 5.62. The number of ether oxygens (including phenoxy) is 1. The summed E-state index contributed by atoms with van der Waals surface area (Å²) in [5, 5.41) is 4.09. The van der Waals surface area contributed by atoms with Crippen molar-refractivity contribution in [1.82, 2.24) is 4.72 Å². The lowest BCUT2D eigenvalue weighted by molar-refractivity contribution is -0.00539. The van der Waals surface area contributed by atoms with E-state index in [1.807, 2.05) is 37.9 Å². The molecule has 0 unspecified atom stereocenters. The van der Waals surface area contributed by atoms with Crippen molar-refractivity contribution in [3.05, 3.63) is 24.0 Å². The lowest BCUT2D eigenvalue weighted by Crippen LogP contribution is -2.45. The maximum absolute atomic E-state index is 14.7. The predicted octanol–water partition coefficient (Wildman–Crippen LogP) is 5.06. The summed E-state index contributed by atoms with van der Waals surface area (Å²) in [6, 6.07) is 6.20. The van der Waals surface area contributed by atoms with Gasteiger partial charge in [-0.05, 0) is 63.6 Å². The SMILES string of the molecule is CC(C)SN[C@H]1CC[C@H](CNc2ccc(N3C[C@@H](C)O[C@@H](C)C3)c(F)c2)CC1. The Labute approximate surface area is 174 Å². The molecule has 158 valence electrons. The van der Waals surface area contributed by atoms with Gasteiger partial charge in [-0.1, -0.05) is 25.8 Å². The van der Waals surface area contributed by atoms with E-state index in [-0.39, 0.29) is 18.0 Å². The first-order chi connectivity index (χ1) is 13.4. The van der Waals surface area contributed by atoms with E-state index in [0.717, 1.165) is 25.3 Å². The van der Waals surface area contributed by atoms with Gasteiger partial charge in [0.25, 0.3) is 0 Å². The van der Waals surface area contributed by atoms with Crippen LogP contribution in [0.3, 0.4) is 0 Å². The van der Waals surface area contributed by atoms with Gasteiger partial charge in [-0.15, -0.1) is 0 Å². The zero-order valence-electron chi connectivity index (χ0n) is 17.7. The Bertz CT molecular complexity index is 612. The third-order valence-corrected chi connectivity index (χ3v) is 6.56. The van der Waals surface area contributed by atoms with Gasteiger partial charge in [-0.2, -0.15) is 0 Å². The summed E-state index contributed by atoms with van der Waals surface area (Å²) in [6.07, 6.45) is 5.18. The van der Waals surface area contributed by atoms with Crippen LogP contribution in [0, 0.1) is 11.7 Å². The van der Waals surface area contributed by atoms with Crippen molar-refractivity contribution in [2.24, 2.45) is 5.92 Å². The second-order valence-corrected chi connectivity index (χ2v) is 10.1. The van der Waals surface area contributed by atoms with Gasteiger partial charge in [0.05, 0.1) is 17.9 Å². The minimum Gasteiger partial charge on any atom is -0.385 e. The molecule has 1 saturated carbocycles. The number of benzene rings is 1. The summed E-state index contributed by atoms with van der Waals surface area (Å²) in [5.74, 6) is 0.524. The summed E-state index contributed by atoms with van der Waals surface area (Å²) in [6.45, 7) is 10.9. The molecule has 2 atom stereocenters. The van der Waals surface area contributed by atoms with Gasteiger partial charge >= 0.3 is 0 Å². The van der Waals surface area contributed by atoms with E-state index in [2.05, 4.69) is 28.8 Å². The highest BCUT2D eigenvalue weighted by molar-refractivity contribution is 7.98. The van der Waals surface area contributed by atoms with Gasteiger partial charge in [-0.3, -0.25) is 4.72 Å². The van der Waals surface area contributed by atoms with E-state index in [4.69, 9.17) is 4.74 Å². The molecule has 2 fully saturated rings. The fraction of sp³-hybridized carbons (Fsp3) is 0.727. The molecule has 0 spiro atoms. The molecule has 1 aliphatic heterocycles. The number of anilines is 2. The lowest BCUT2D eigenvalue weighted by atomic mass is 9.86. The lowest BCUT2D eigenvalue weighted by Gasteiger charge is -2.37. The summed E-state index contributed by atoms with van der Waals surface area (Å²) in [5.41, 5.74) is 1.56. The number of hydrogen-bond acceptors (Lipinski definition) is 5. The second-order valence-electron chi connectivity index (χ2n) is 8.71. The van der Waals surface area contributed by atoms with Gasteiger partial charge in [0.1, 0.15) is 5.82 Å². The fourth-order valence-electron chi connectivity index (χ4n) is 4.23. The normalized spacial score (nSPS) is 28.6. The largest absolute Gasteiger partial charge is 0.385 e. The molecule has 4 nitrogen and oxygen atoms in total. The number of morpholine rings is 1. The smallest absolute Gasteiger partial charge is 0.148 e. The molecular formula is C22H36FN3OS. The van der Waals surface area contributed by atoms with Crippen molar-refractivity contribution in [2.45, 2.75) is 76.9 Å². The minimum absolute atomic E-state index is 0.129. The molecule has 0 aromatic heterocycles. The van der Waals surface area contributed by atoms with Crippen LogP contribution >= 0.6 is 11.9 Å². The Morgan fingerprint density at radius 3 is 2.43 bits per heavy atom. The molecule has 1 saturated heterocycles. The Morgan fingerprint density at radius 2 is 1.82 bits per heavy atom. The van der Waals surface area contributed by atoms with Crippen LogP contribution in [0.25, 0.3) is 0 Å². The second kappa shape index (κ2) is 10.2. The maximum Gasteiger partial charge on any atom is 0.148 e. The molecule has 1 aromatic rings. The first kappa shape index (κ1) is 21.7. The van der Waals surface area contributed by atoms with Crippen molar-refractivity contribution in [3.63, 3.8) is 0 Å². The molecule has 0 radical (unpaired) electrons. The van der Waals surface area contributed by atoms with Crippen molar-refractivity contribution >= 4 is 23.3 Å². The Balaban J connectivity index is 1.46. The van der Waals surface area contributed by atoms with Crippen molar-refractivity contribution in [3.8, 4) is 0 Å². The zero-order chi connectivity index (χ0) is 20.1. The Hall–Kier alpha value is -0.980. The van der Waals surface area contributed by atoms with E-state index < -0.39 is 0 Å². The number of halogens is 1. The molecule has 0 amide bonds. The fourth-order valence-corrected chi connectivity index (χ4v) is 4.93. The van der Waals surface area contributed by atoms with Crippen LogP contribution < -0.4 is 14.9 Å². The molecule has 1 aliphatic carbocycles. The van der Waals surface area contributed by atoms with E-state index in [1.54, 1.807) is 6.07 Å². The maximum atomic E-state index is 14.7. The average Bonchev–Trinajstić information content (AvgIpc) is 2.64. The topological polar surface area (TPSA) is 36.5 Å². The number of hydrogen-bond donors (Lipinski definition) is 2. The molecule has 0 bridgehead atoms. The number of nitrogens with zero attached hydrogens (tertiary/aromatic N) is 1. The quantitative estimate of drug-likeness (QED) is 0.616. The Morgan fingerprint density at radius 1 is 1.14 bits per heavy atom. The van der Waals surface area contributed by atoms with E-state index in [0.29, 0.717) is 22.9 Å². The van der Waals surface area contributed by atoms with Gasteiger partial charge < -0.3 is 15.0 Å². The number of nitrogens with one attached hydrogen (secondary N) is 2. The summed E-state index contributed by atoms with van der Waals surface area (Å²) < 4.78 is 24.1. The molecule has 2 N–H and O–H groups in total. The van der Waals surface area contributed by atoms with E-state index >= 15 is 0 Å². The molecular weight excluding hydrogens is 373 g/mol. The molecule has 3 rings (SSSR count). The minimum atomic E-state index is -0.148. The number of rotatable bonds is 7. The standard InChI is InChI=1S/C22H36FN3OS/c1-15(2)28-25-19-7-5-18(6-8-19)12-24-20-9-10-22(21(23)11-20)26-13-16(3)27-17(4)14-26/h9-11,15-19,24-25H,5-8,12-14H2,1-4H3/t16-,17+,18-,19-. The van der Waals surface area contributed by atoms with E-state index in [1.165, 1.54) is 25.7 Å². The van der Waals surface area contributed by atoms with Crippen molar-refractivity contribution in [1.29, 1.82) is 0 Å². The van der Waals surface area contributed by atoms with Crippen LogP contribution in [0.15, 0.2) is 18.2 Å². The molecule has 28 heavy (non-hydrogen) atoms. The van der Waals surface area contributed by atoms with Crippen molar-refractivity contribution in [2.75, 3.05) is 29.9 Å². The van der Waals surface area contributed by atoms with Crippen molar-refractivity contribution < 1.29 is 9.13 Å². The third kappa shape index (κ3) is 6.26. The van der Waals surface area contributed by atoms with Crippen LogP contribution in [0.4, 0.5) is 15.8 Å². The van der Waals surface area contributed by atoms with Crippen LogP contribution in [0.5, 0.6) is 0 Å². The predicted molar refractivity (Wildman–Crippen MR) is 119 cm³/mol. The molecule has 1 aromatic carbocycles.